The van der Waals surface area contributed by atoms with E-state index in [0.29, 0.717) is 0 Å². The minimum atomic E-state index is 0.754. The molecule has 0 aromatic rings. The third-order valence-corrected chi connectivity index (χ3v) is 18.9. The average molecular weight is 777 g/mol. The van der Waals surface area contributed by atoms with E-state index in [4.69, 9.17) is 0 Å². The normalized spacial score (nSPS) is 38.2. The first-order chi connectivity index (χ1) is 28.2. The lowest BCUT2D eigenvalue weighted by atomic mass is 9.68. The summed E-state index contributed by atoms with van der Waals surface area (Å²) in [5.74, 6) is 8.47. The van der Waals surface area contributed by atoms with Gasteiger partial charge in [0.2, 0.25) is 0 Å². The van der Waals surface area contributed by atoms with Crippen molar-refractivity contribution < 1.29 is 0 Å². The summed E-state index contributed by atoms with van der Waals surface area (Å²) in [4.78, 5) is 6.09. The molecule has 0 aromatic heterocycles. The molecule has 0 aromatic carbocycles. The Hall–Kier alpha value is -1.44. The number of hydrogen-bond donors (Lipinski definition) is 0. The summed E-state index contributed by atoms with van der Waals surface area (Å²) in [6.07, 6.45) is 63.3. The second kappa shape index (κ2) is 20.0. The Labute approximate surface area is 352 Å². The second-order valence-electron chi connectivity index (χ2n) is 22.3. The minimum Gasteiger partial charge on any atom is -0.369 e. The molecule has 0 bridgehead atoms. The predicted octanol–water partition coefficient (Wildman–Crippen LogP) is 15.9. The van der Waals surface area contributed by atoms with E-state index in [1.54, 1.807) is 17.1 Å². The molecular formula is C55H88N2. The van der Waals surface area contributed by atoms with Gasteiger partial charge in [0.1, 0.15) is 0 Å². The molecule has 2 nitrogen and oxygen atoms in total. The highest BCUT2D eigenvalue weighted by molar-refractivity contribution is 5.20. The first kappa shape index (κ1) is 40.9. The minimum absolute atomic E-state index is 0.754. The van der Waals surface area contributed by atoms with Crippen molar-refractivity contribution in [1.29, 1.82) is 0 Å². The third kappa shape index (κ3) is 10.0. The van der Waals surface area contributed by atoms with E-state index in [0.717, 1.165) is 71.4 Å². The lowest BCUT2D eigenvalue weighted by Gasteiger charge is -2.48. The van der Waals surface area contributed by atoms with Crippen molar-refractivity contribution in [3.63, 3.8) is 0 Å². The molecule has 4 unspecified atom stereocenters. The van der Waals surface area contributed by atoms with Crippen molar-refractivity contribution in [3.05, 3.63) is 47.5 Å². The van der Waals surface area contributed by atoms with Crippen LogP contribution in [-0.2, 0) is 0 Å². The quantitative estimate of drug-likeness (QED) is 0.204. The van der Waals surface area contributed by atoms with Crippen LogP contribution in [0.4, 0.5) is 0 Å². The van der Waals surface area contributed by atoms with Gasteiger partial charge in [0.25, 0.3) is 0 Å². The Kier molecular flexibility index (Phi) is 14.3. The van der Waals surface area contributed by atoms with Gasteiger partial charge in [-0.25, -0.2) is 0 Å². The lowest BCUT2D eigenvalue weighted by Crippen LogP contribution is -2.46. The SMILES string of the molecule is CC1CC=C(N(C2=CCC(C3CCCCC3)CC2)C2CCC(C3C=CC(C4CCC(N(C5=CC[C@H](C6CCCCC6)CC5)C5CCCCC5)CC4)CC3)CC2)CC1. The van der Waals surface area contributed by atoms with Gasteiger partial charge >= 0.3 is 0 Å². The summed E-state index contributed by atoms with van der Waals surface area (Å²) in [5, 5.41) is 0. The number of allylic oxidation sites excluding steroid dienone is 8. The van der Waals surface area contributed by atoms with Gasteiger partial charge in [-0.15, -0.1) is 0 Å². The zero-order chi connectivity index (χ0) is 38.4. The van der Waals surface area contributed by atoms with Crippen LogP contribution in [0, 0.1) is 53.3 Å². The summed E-state index contributed by atoms with van der Waals surface area (Å²) in [6, 6.07) is 2.42. The van der Waals surface area contributed by atoms with Crippen molar-refractivity contribution in [1.82, 2.24) is 9.80 Å². The summed E-state index contributed by atoms with van der Waals surface area (Å²) in [5.41, 5.74) is 5.26. The van der Waals surface area contributed by atoms with Gasteiger partial charge in [-0.1, -0.05) is 121 Å². The van der Waals surface area contributed by atoms with Crippen LogP contribution in [0.15, 0.2) is 47.5 Å². The van der Waals surface area contributed by atoms with Gasteiger partial charge in [-0.3, -0.25) is 0 Å². The topological polar surface area (TPSA) is 6.48 Å². The highest BCUT2D eigenvalue weighted by atomic mass is 15.2. The highest BCUT2D eigenvalue weighted by Gasteiger charge is 2.39. The molecule has 57 heavy (non-hydrogen) atoms. The number of rotatable bonds is 10. The highest BCUT2D eigenvalue weighted by Crippen LogP contribution is 2.47. The van der Waals surface area contributed by atoms with Crippen molar-refractivity contribution in [3.8, 4) is 0 Å². The van der Waals surface area contributed by atoms with Crippen LogP contribution in [0.5, 0.6) is 0 Å². The molecule has 9 aliphatic rings. The van der Waals surface area contributed by atoms with E-state index >= 15 is 0 Å². The van der Waals surface area contributed by atoms with Gasteiger partial charge in [0.05, 0.1) is 0 Å². The molecule has 2 heteroatoms. The summed E-state index contributed by atoms with van der Waals surface area (Å²) >= 11 is 0. The maximum Gasteiger partial charge on any atom is 0.0335 e. The van der Waals surface area contributed by atoms with Crippen LogP contribution in [0.2, 0.25) is 0 Å². The first-order valence-corrected chi connectivity index (χ1v) is 26.5. The fraction of sp³-hybridized carbons (Fsp3) is 0.855. The Morgan fingerprint density at radius 2 is 0.789 bits per heavy atom. The smallest absolute Gasteiger partial charge is 0.0335 e. The number of nitrogens with zero attached hydrogens (tertiary/aromatic N) is 2. The molecule has 318 valence electrons. The molecule has 5 atom stereocenters. The van der Waals surface area contributed by atoms with E-state index in [2.05, 4.69) is 47.1 Å². The molecular weight excluding hydrogens is 689 g/mol. The van der Waals surface area contributed by atoms with Crippen molar-refractivity contribution >= 4 is 0 Å². The van der Waals surface area contributed by atoms with Crippen LogP contribution < -0.4 is 0 Å². The van der Waals surface area contributed by atoms with E-state index in [9.17, 15) is 0 Å². The van der Waals surface area contributed by atoms with Crippen LogP contribution in [0.1, 0.15) is 225 Å². The molecule has 0 aliphatic heterocycles. The average Bonchev–Trinajstić information content (AvgIpc) is 3.29. The monoisotopic (exact) mass is 777 g/mol. The lowest BCUT2D eigenvalue weighted by molar-refractivity contribution is 0.0848. The van der Waals surface area contributed by atoms with Crippen molar-refractivity contribution in [2.75, 3.05) is 0 Å². The second-order valence-corrected chi connectivity index (χ2v) is 22.3. The largest absolute Gasteiger partial charge is 0.369 e. The Morgan fingerprint density at radius 1 is 0.351 bits per heavy atom. The first-order valence-electron chi connectivity index (χ1n) is 26.5. The molecule has 9 rings (SSSR count). The number of hydrogen-bond acceptors (Lipinski definition) is 2. The van der Waals surface area contributed by atoms with Gasteiger partial charge in [0, 0.05) is 35.2 Å². The molecule has 0 saturated heterocycles. The summed E-state index contributed by atoms with van der Waals surface area (Å²) in [6.45, 7) is 2.47. The van der Waals surface area contributed by atoms with Gasteiger partial charge in [0.15, 0.2) is 0 Å². The maximum atomic E-state index is 3.11. The Balaban J connectivity index is 0.773. The van der Waals surface area contributed by atoms with E-state index < -0.39 is 0 Å². The molecule has 0 N–H and O–H groups in total. The summed E-state index contributed by atoms with van der Waals surface area (Å²) < 4.78 is 0. The van der Waals surface area contributed by atoms with Gasteiger partial charge in [-0.2, -0.15) is 0 Å². The fourth-order valence-electron chi connectivity index (χ4n) is 15.4. The zero-order valence-corrected chi connectivity index (χ0v) is 37.3. The van der Waals surface area contributed by atoms with Crippen LogP contribution in [0.3, 0.4) is 0 Å². The van der Waals surface area contributed by atoms with E-state index in [1.807, 2.05) is 0 Å². The summed E-state index contributed by atoms with van der Waals surface area (Å²) in [7, 11) is 0. The predicted molar refractivity (Wildman–Crippen MR) is 242 cm³/mol. The fourth-order valence-corrected chi connectivity index (χ4v) is 15.4. The molecule has 0 heterocycles. The van der Waals surface area contributed by atoms with Crippen LogP contribution >= 0.6 is 0 Å². The molecule has 5 saturated carbocycles. The van der Waals surface area contributed by atoms with Crippen LogP contribution in [-0.4, -0.2) is 27.9 Å². The Morgan fingerprint density at radius 3 is 1.25 bits per heavy atom. The molecule has 5 fully saturated rings. The van der Waals surface area contributed by atoms with Crippen molar-refractivity contribution in [2.45, 2.75) is 243 Å². The molecule has 0 amide bonds. The van der Waals surface area contributed by atoms with E-state index in [-0.39, 0.29) is 0 Å². The van der Waals surface area contributed by atoms with Crippen molar-refractivity contribution in [2.24, 2.45) is 53.3 Å². The third-order valence-electron chi connectivity index (χ3n) is 18.9. The molecule has 0 spiro atoms. The Bertz CT molecular complexity index is 1370. The van der Waals surface area contributed by atoms with Gasteiger partial charge < -0.3 is 9.80 Å². The van der Waals surface area contributed by atoms with E-state index in [1.165, 1.54) is 218 Å². The van der Waals surface area contributed by atoms with Gasteiger partial charge in [-0.05, 0) is 188 Å². The maximum absolute atomic E-state index is 3.11. The molecule has 9 aliphatic carbocycles. The van der Waals surface area contributed by atoms with Crippen LogP contribution in [0.25, 0.3) is 0 Å². The zero-order valence-electron chi connectivity index (χ0n) is 37.3. The standard InChI is InChI=1S/C55H88N2/c1-41-17-31-51(32-18-41)57(54-35-25-47(26-36-54)43-13-7-3-8-14-43)55-39-29-49(30-40-55)45-21-19-44(20-22-45)48-27-37-53(38-28-48)56(50-15-9-4-10-16-50)52-33-23-46(24-34-52)42-11-5-2-6-12-42/h19,21,31,33,35,41-50,53,55H,2-18,20,22-30,32,34,36-40H2,1H3/t41?,44?,45?,46-,47?,48?,49?,53?,55?/m0/s1. The molecule has 0 radical (unpaired) electrons.